The van der Waals surface area contributed by atoms with Crippen LogP contribution in [0.5, 0.6) is 5.75 Å². The van der Waals surface area contributed by atoms with Crippen molar-refractivity contribution in [3.63, 3.8) is 0 Å². The summed E-state index contributed by atoms with van der Waals surface area (Å²) in [6.07, 6.45) is -0.285. The predicted octanol–water partition coefficient (Wildman–Crippen LogP) is 3.45. The summed E-state index contributed by atoms with van der Waals surface area (Å²) in [4.78, 5) is 27.8. The molecular formula is C20H30N2O5. The number of anilines is 1. The van der Waals surface area contributed by atoms with Gasteiger partial charge in [-0.3, -0.25) is 0 Å². The molecule has 0 saturated carbocycles. The average Bonchev–Trinajstić information content (AvgIpc) is 3.01. The molecular weight excluding hydrogens is 348 g/mol. The van der Waals surface area contributed by atoms with E-state index in [1.807, 2.05) is 40.7 Å². The van der Waals surface area contributed by atoms with Gasteiger partial charge in [-0.25, -0.2) is 9.59 Å². The Balaban J connectivity index is 0.00000126. The van der Waals surface area contributed by atoms with Crippen LogP contribution in [-0.4, -0.2) is 55.9 Å². The quantitative estimate of drug-likeness (QED) is 0.734. The third-order valence-corrected chi connectivity index (χ3v) is 4.26. The Morgan fingerprint density at radius 1 is 1.11 bits per heavy atom. The number of carbonyl (C=O) groups is 2. The average molecular weight is 378 g/mol. The second kappa shape index (κ2) is 8.50. The van der Waals surface area contributed by atoms with Crippen LogP contribution < -0.4 is 9.64 Å². The van der Waals surface area contributed by atoms with E-state index in [9.17, 15) is 9.59 Å². The van der Waals surface area contributed by atoms with E-state index >= 15 is 0 Å². The number of carbonyl (C=O) groups excluding carboxylic acids is 2. The van der Waals surface area contributed by atoms with Gasteiger partial charge < -0.3 is 24.0 Å². The van der Waals surface area contributed by atoms with Crippen molar-refractivity contribution >= 4 is 17.7 Å². The van der Waals surface area contributed by atoms with E-state index in [1.165, 1.54) is 0 Å². The molecule has 0 atom stereocenters. The molecule has 1 fully saturated rings. The molecule has 2 heterocycles. The van der Waals surface area contributed by atoms with E-state index in [0.29, 0.717) is 44.1 Å². The number of benzene rings is 1. The number of esters is 1. The molecule has 0 N–H and O–H groups in total. The molecule has 7 heteroatoms. The maximum atomic E-state index is 12.2. The third kappa shape index (κ3) is 4.84. The van der Waals surface area contributed by atoms with Gasteiger partial charge in [0.25, 0.3) is 0 Å². The van der Waals surface area contributed by atoms with Crippen molar-refractivity contribution in [2.24, 2.45) is 0 Å². The molecule has 27 heavy (non-hydrogen) atoms. The zero-order valence-corrected chi connectivity index (χ0v) is 17.1. The molecule has 0 spiro atoms. The lowest BCUT2D eigenvalue weighted by molar-refractivity contribution is 0.0240. The van der Waals surface area contributed by atoms with Gasteiger partial charge in [-0.15, -0.1) is 0 Å². The van der Waals surface area contributed by atoms with Gasteiger partial charge in [0.2, 0.25) is 0 Å². The third-order valence-electron chi connectivity index (χ3n) is 4.26. The molecule has 2 aliphatic rings. The fourth-order valence-electron chi connectivity index (χ4n) is 3.01. The first kappa shape index (κ1) is 20.9. The van der Waals surface area contributed by atoms with Crippen LogP contribution in [0, 0.1) is 0 Å². The minimum atomic E-state index is -0.496. The van der Waals surface area contributed by atoms with Crippen molar-refractivity contribution in [2.75, 3.05) is 38.2 Å². The van der Waals surface area contributed by atoms with Crippen LogP contribution >= 0.6 is 0 Å². The molecule has 0 aliphatic carbocycles. The van der Waals surface area contributed by atoms with Crippen LogP contribution in [0.2, 0.25) is 0 Å². The van der Waals surface area contributed by atoms with E-state index in [2.05, 4.69) is 4.90 Å². The first-order valence-electron chi connectivity index (χ1n) is 9.39. The Kier molecular flexibility index (Phi) is 6.57. The van der Waals surface area contributed by atoms with E-state index < -0.39 is 5.60 Å². The van der Waals surface area contributed by atoms with E-state index in [-0.39, 0.29) is 12.1 Å². The number of hydrogen-bond acceptors (Lipinski definition) is 6. The number of ether oxygens (including phenoxy) is 3. The minimum absolute atomic E-state index is 0.285. The lowest BCUT2D eigenvalue weighted by atomic mass is 10.1. The largest absolute Gasteiger partial charge is 0.495 e. The molecule has 1 amide bonds. The summed E-state index contributed by atoms with van der Waals surface area (Å²) in [5.74, 6) is 0.331. The Morgan fingerprint density at radius 3 is 2.30 bits per heavy atom. The zero-order valence-electron chi connectivity index (χ0n) is 17.1. The van der Waals surface area contributed by atoms with Crippen molar-refractivity contribution < 1.29 is 23.8 Å². The Morgan fingerprint density at radius 2 is 1.74 bits per heavy atom. The van der Waals surface area contributed by atoms with Crippen LogP contribution in [-0.2, 0) is 16.1 Å². The Hall–Kier alpha value is -2.44. The van der Waals surface area contributed by atoms with Gasteiger partial charge in [-0.2, -0.15) is 0 Å². The summed E-state index contributed by atoms with van der Waals surface area (Å²) in [5, 5.41) is 0. The highest BCUT2D eigenvalue weighted by molar-refractivity contribution is 5.95. The lowest BCUT2D eigenvalue weighted by Crippen LogP contribution is -2.50. The highest BCUT2D eigenvalue weighted by Gasteiger charge is 2.29. The SMILES string of the molecule is CC.COc1cc2c(cc1N1CCN(C(=O)OC(C)(C)C)CC1)COC2=O. The van der Waals surface area contributed by atoms with Crippen LogP contribution in [0.1, 0.15) is 50.5 Å². The summed E-state index contributed by atoms with van der Waals surface area (Å²) >= 11 is 0. The van der Waals surface area contributed by atoms with Crippen LogP contribution in [0.3, 0.4) is 0 Å². The van der Waals surface area contributed by atoms with Crippen molar-refractivity contribution in [1.82, 2.24) is 4.90 Å². The number of rotatable bonds is 2. The number of nitrogens with zero attached hydrogens (tertiary/aromatic N) is 2. The van der Waals surface area contributed by atoms with Crippen LogP contribution in [0.4, 0.5) is 10.5 Å². The fraction of sp³-hybridized carbons (Fsp3) is 0.600. The van der Waals surface area contributed by atoms with Gasteiger partial charge in [-0.05, 0) is 32.9 Å². The maximum Gasteiger partial charge on any atom is 0.410 e. The summed E-state index contributed by atoms with van der Waals surface area (Å²) in [6.45, 7) is 12.4. The molecule has 0 aromatic heterocycles. The summed E-state index contributed by atoms with van der Waals surface area (Å²) < 4.78 is 16.0. The second-order valence-corrected chi connectivity index (χ2v) is 7.21. The van der Waals surface area contributed by atoms with Crippen molar-refractivity contribution in [1.29, 1.82) is 0 Å². The number of hydrogen-bond donors (Lipinski definition) is 0. The van der Waals surface area contributed by atoms with Gasteiger partial charge in [0, 0.05) is 31.7 Å². The first-order chi connectivity index (χ1) is 12.8. The van der Waals surface area contributed by atoms with Crippen molar-refractivity contribution in [2.45, 2.75) is 46.8 Å². The summed E-state index contributed by atoms with van der Waals surface area (Å²) in [5.41, 5.74) is 1.86. The number of cyclic esters (lactones) is 1. The van der Waals surface area contributed by atoms with Crippen LogP contribution in [0.25, 0.3) is 0 Å². The number of fused-ring (bicyclic) bond motifs is 1. The normalized spacial score (nSPS) is 16.1. The highest BCUT2D eigenvalue weighted by Crippen LogP contribution is 2.35. The zero-order chi connectivity index (χ0) is 20.2. The Bertz CT molecular complexity index is 688. The second-order valence-electron chi connectivity index (χ2n) is 7.21. The standard InChI is InChI=1S/C18H24N2O5.C2H6/c1-18(2,3)25-17(22)20-7-5-19(6-8-20)14-9-12-11-24-16(21)13(12)10-15(14)23-4;1-2/h9-10H,5-8,11H2,1-4H3;1-2H3. The predicted molar refractivity (Wildman–Crippen MR) is 103 cm³/mol. The molecule has 2 aliphatic heterocycles. The summed E-state index contributed by atoms with van der Waals surface area (Å²) in [6, 6.07) is 3.68. The number of amides is 1. The number of methoxy groups -OCH3 is 1. The molecule has 0 unspecified atom stereocenters. The topological polar surface area (TPSA) is 68.3 Å². The number of piperazine rings is 1. The van der Waals surface area contributed by atoms with Gasteiger partial charge in [-0.1, -0.05) is 13.8 Å². The Labute approximate surface area is 161 Å². The maximum absolute atomic E-state index is 12.2. The van der Waals surface area contributed by atoms with Crippen molar-refractivity contribution in [3.8, 4) is 5.75 Å². The molecule has 0 bridgehead atoms. The summed E-state index contributed by atoms with van der Waals surface area (Å²) in [7, 11) is 1.59. The minimum Gasteiger partial charge on any atom is -0.495 e. The van der Waals surface area contributed by atoms with Crippen LogP contribution in [0.15, 0.2) is 12.1 Å². The fourth-order valence-corrected chi connectivity index (χ4v) is 3.01. The van der Waals surface area contributed by atoms with E-state index in [0.717, 1.165) is 11.3 Å². The van der Waals surface area contributed by atoms with Gasteiger partial charge in [0.1, 0.15) is 18.0 Å². The van der Waals surface area contributed by atoms with Gasteiger partial charge in [0.15, 0.2) is 0 Å². The molecule has 150 valence electrons. The molecule has 1 saturated heterocycles. The molecule has 1 aromatic carbocycles. The molecule has 0 radical (unpaired) electrons. The first-order valence-corrected chi connectivity index (χ1v) is 9.39. The van der Waals surface area contributed by atoms with E-state index in [4.69, 9.17) is 14.2 Å². The van der Waals surface area contributed by atoms with Crippen molar-refractivity contribution in [3.05, 3.63) is 23.3 Å². The smallest absolute Gasteiger partial charge is 0.410 e. The lowest BCUT2D eigenvalue weighted by Gasteiger charge is -2.37. The van der Waals surface area contributed by atoms with E-state index in [1.54, 1.807) is 18.1 Å². The molecule has 1 aromatic rings. The molecule has 3 rings (SSSR count). The highest BCUT2D eigenvalue weighted by atomic mass is 16.6. The van der Waals surface area contributed by atoms with Gasteiger partial charge >= 0.3 is 12.1 Å². The van der Waals surface area contributed by atoms with Gasteiger partial charge in [0.05, 0.1) is 18.4 Å². The molecule has 7 nitrogen and oxygen atoms in total. The monoisotopic (exact) mass is 378 g/mol.